The molecule has 0 aliphatic heterocycles. The number of amides is 2. The number of rotatable bonds is 4. The molecule has 0 aromatic heterocycles. The maximum atomic E-state index is 11.6. The highest BCUT2D eigenvalue weighted by molar-refractivity contribution is 5.96. The number of nitrogens with one attached hydrogen (secondary N) is 1. The molecular formula is C13H20N4O2. The normalized spacial score (nSPS) is 9.89. The Kier molecular flexibility index (Phi) is 4.74. The van der Waals surface area contributed by atoms with Gasteiger partial charge < -0.3 is 20.9 Å². The molecule has 1 aromatic carbocycles. The van der Waals surface area contributed by atoms with Crippen LogP contribution in [-0.4, -0.2) is 51.4 Å². The number of nitrogens with two attached hydrogens (primary N) is 1. The van der Waals surface area contributed by atoms with E-state index in [0.29, 0.717) is 11.3 Å². The molecule has 0 aliphatic rings. The minimum Gasteiger partial charge on any atom is -0.397 e. The van der Waals surface area contributed by atoms with Crippen molar-refractivity contribution in [3.63, 3.8) is 0 Å². The number of carbonyl (C=O) groups excluding carboxylic acids is 2. The highest BCUT2D eigenvalue weighted by atomic mass is 16.2. The molecule has 3 N–H and O–H groups in total. The molecule has 0 radical (unpaired) electrons. The molecule has 0 spiro atoms. The summed E-state index contributed by atoms with van der Waals surface area (Å²) >= 11 is 0. The number of hydrogen-bond acceptors (Lipinski definition) is 4. The van der Waals surface area contributed by atoms with E-state index in [1.54, 1.807) is 51.3 Å². The fourth-order valence-electron chi connectivity index (χ4n) is 1.62. The fourth-order valence-corrected chi connectivity index (χ4v) is 1.62. The van der Waals surface area contributed by atoms with Crippen molar-refractivity contribution in [3.8, 4) is 0 Å². The molecule has 0 heterocycles. The summed E-state index contributed by atoms with van der Waals surface area (Å²) < 4.78 is 0. The van der Waals surface area contributed by atoms with Gasteiger partial charge in [0.15, 0.2) is 0 Å². The molecule has 1 aromatic rings. The quantitative estimate of drug-likeness (QED) is 0.759. The van der Waals surface area contributed by atoms with Crippen LogP contribution >= 0.6 is 0 Å². The summed E-state index contributed by atoms with van der Waals surface area (Å²) in [6.07, 6.45) is 0. The van der Waals surface area contributed by atoms with Gasteiger partial charge in [-0.2, -0.15) is 0 Å². The Hall–Kier alpha value is -2.24. The van der Waals surface area contributed by atoms with Crippen LogP contribution in [0.2, 0.25) is 0 Å². The third-order valence-corrected chi connectivity index (χ3v) is 2.80. The van der Waals surface area contributed by atoms with Crippen molar-refractivity contribution in [3.05, 3.63) is 23.8 Å². The number of nitrogens with zero attached hydrogens (tertiary/aromatic N) is 2. The van der Waals surface area contributed by atoms with Crippen LogP contribution in [0.15, 0.2) is 18.2 Å². The third kappa shape index (κ3) is 3.61. The first kappa shape index (κ1) is 14.8. The zero-order valence-electron chi connectivity index (χ0n) is 11.7. The highest BCUT2D eigenvalue weighted by Gasteiger charge is 2.13. The highest BCUT2D eigenvalue weighted by Crippen LogP contribution is 2.23. The average molecular weight is 264 g/mol. The van der Waals surface area contributed by atoms with Gasteiger partial charge in [0.25, 0.3) is 5.91 Å². The summed E-state index contributed by atoms with van der Waals surface area (Å²) in [5, 5.41) is 2.54. The zero-order valence-corrected chi connectivity index (χ0v) is 11.7. The summed E-state index contributed by atoms with van der Waals surface area (Å²) in [5.74, 6) is -0.206. The van der Waals surface area contributed by atoms with Gasteiger partial charge in [-0.05, 0) is 18.2 Å². The Labute approximate surface area is 113 Å². The molecule has 0 fully saturated rings. The second kappa shape index (κ2) is 6.08. The van der Waals surface area contributed by atoms with Crippen molar-refractivity contribution < 1.29 is 9.59 Å². The number of nitrogen functional groups attached to an aromatic ring is 1. The maximum absolute atomic E-state index is 11.6. The topological polar surface area (TPSA) is 78.7 Å². The van der Waals surface area contributed by atoms with Crippen molar-refractivity contribution in [2.45, 2.75) is 0 Å². The van der Waals surface area contributed by atoms with Crippen LogP contribution in [0.25, 0.3) is 0 Å². The van der Waals surface area contributed by atoms with E-state index in [0.717, 1.165) is 5.69 Å². The van der Waals surface area contributed by atoms with Crippen LogP contribution in [0.5, 0.6) is 0 Å². The Morgan fingerprint density at radius 3 is 2.37 bits per heavy atom. The van der Waals surface area contributed by atoms with Gasteiger partial charge in [0.05, 0.1) is 17.9 Å². The summed E-state index contributed by atoms with van der Waals surface area (Å²) in [4.78, 5) is 26.4. The van der Waals surface area contributed by atoms with Crippen LogP contribution in [0.3, 0.4) is 0 Å². The molecule has 0 saturated carbocycles. The first-order chi connectivity index (χ1) is 8.86. The SMILES string of the molecule is CNC(=O)c1ccc(N(C)CC(=O)N(C)C)c(N)c1. The largest absolute Gasteiger partial charge is 0.397 e. The van der Waals surface area contributed by atoms with Crippen LogP contribution in [-0.2, 0) is 4.79 Å². The number of likely N-dealkylation sites (N-methyl/N-ethyl adjacent to an activating group) is 2. The molecule has 0 aliphatic carbocycles. The Morgan fingerprint density at radius 1 is 1.26 bits per heavy atom. The molecule has 6 nitrogen and oxygen atoms in total. The third-order valence-electron chi connectivity index (χ3n) is 2.80. The second-order valence-corrected chi connectivity index (χ2v) is 4.50. The minimum atomic E-state index is -0.190. The lowest BCUT2D eigenvalue weighted by Gasteiger charge is -2.22. The molecule has 104 valence electrons. The van der Waals surface area contributed by atoms with E-state index in [1.807, 2.05) is 0 Å². The summed E-state index contributed by atoms with van der Waals surface area (Å²) in [5.41, 5.74) is 7.61. The van der Waals surface area contributed by atoms with Gasteiger partial charge in [-0.15, -0.1) is 0 Å². The Balaban J connectivity index is 2.90. The van der Waals surface area contributed by atoms with Gasteiger partial charge in [0.2, 0.25) is 5.91 Å². The smallest absolute Gasteiger partial charge is 0.251 e. The van der Waals surface area contributed by atoms with Gasteiger partial charge in [-0.25, -0.2) is 0 Å². The molecule has 0 unspecified atom stereocenters. The van der Waals surface area contributed by atoms with E-state index >= 15 is 0 Å². The first-order valence-corrected chi connectivity index (χ1v) is 5.89. The van der Waals surface area contributed by atoms with Crippen molar-refractivity contribution in [2.75, 3.05) is 45.4 Å². The predicted octanol–water partition coefficient (Wildman–Crippen LogP) is 0.153. The Morgan fingerprint density at radius 2 is 1.89 bits per heavy atom. The number of hydrogen-bond donors (Lipinski definition) is 2. The fraction of sp³-hybridized carbons (Fsp3) is 0.385. The van der Waals surface area contributed by atoms with Crippen molar-refractivity contribution in [2.24, 2.45) is 0 Å². The van der Waals surface area contributed by atoms with E-state index in [4.69, 9.17) is 5.73 Å². The molecular weight excluding hydrogens is 244 g/mol. The van der Waals surface area contributed by atoms with Gasteiger partial charge in [0.1, 0.15) is 0 Å². The number of carbonyl (C=O) groups is 2. The lowest BCUT2D eigenvalue weighted by Crippen LogP contribution is -2.34. The molecule has 0 atom stereocenters. The van der Waals surface area contributed by atoms with Crippen LogP contribution in [0.1, 0.15) is 10.4 Å². The van der Waals surface area contributed by atoms with Crippen LogP contribution in [0, 0.1) is 0 Å². The van der Waals surface area contributed by atoms with Crippen molar-refractivity contribution >= 4 is 23.2 Å². The van der Waals surface area contributed by atoms with Crippen molar-refractivity contribution in [1.82, 2.24) is 10.2 Å². The monoisotopic (exact) mass is 264 g/mol. The number of benzene rings is 1. The first-order valence-electron chi connectivity index (χ1n) is 5.89. The number of anilines is 2. The lowest BCUT2D eigenvalue weighted by molar-refractivity contribution is -0.127. The predicted molar refractivity (Wildman–Crippen MR) is 76.2 cm³/mol. The minimum absolute atomic E-state index is 0.0164. The molecule has 0 bridgehead atoms. The maximum Gasteiger partial charge on any atom is 0.251 e. The molecule has 19 heavy (non-hydrogen) atoms. The Bertz CT molecular complexity index is 486. The van der Waals surface area contributed by atoms with E-state index < -0.39 is 0 Å². The molecule has 1 rings (SSSR count). The average Bonchev–Trinajstić information content (AvgIpc) is 2.37. The molecule has 0 saturated heterocycles. The second-order valence-electron chi connectivity index (χ2n) is 4.50. The summed E-state index contributed by atoms with van der Waals surface area (Å²) in [6, 6.07) is 5.02. The van der Waals surface area contributed by atoms with E-state index in [2.05, 4.69) is 5.32 Å². The van der Waals surface area contributed by atoms with Gasteiger partial charge in [-0.3, -0.25) is 9.59 Å². The zero-order chi connectivity index (χ0) is 14.6. The van der Waals surface area contributed by atoms with Crippen molar-refractivity contribution in [1.29, 1.82) is 0 Å². The van der Waals surface area contributed by atoms with Gasteiger partial charge in [0, 0.05) is 33.8 Å². The molecule has 6 heteroatoms. The molecule has 2 amide bonds. The summed E-state index contributed by atoms with van der Waals surface area (Å²) in [6.45, 7) is 0.233. The van der Waals surface area contributed by atoms with E-state index in [-0.39, 0.29) is 18.4 Å². The van der Waals surface area contributed by atoms with Gasteiger partial charge >= 0.3 is 0 Å². The standard InChI is InChI=1S/C13H20N4O2/c1-15-13(19)9-5-6-11(10(14)7-9)17(4)8-12(18)16(2)3/h5-7H,8,14H2,1-4H3,(H,15,19). The van der Waals surface area contributed by atoms with Crippen LogP contribution in [0.4, 0.5) is 11.4 Å². The van der Waals surface area contributed by atoms with Gasteiger partial charge in [-0.1, -0.05) is 0 Å². The van der Waals surface area contributed by atoms with Crippen LogP contribution < -0.4 is 16.0 Å². The van der Waals surface area contributed by atoms with E-state index in [1.165, 1.54) is 4.90 Å². The lowest BCUT2D eigenvalue weighted by atomic mass is 10.1. The summed E-state index contributed by atoms with van der Waals surface area (Å²) in [7, 11) is 6.75. The van der Waals surface area contributed by atoms with E-state index in [9.17, 15) is 9.59 Å².